The predicted octanol–water partition coefficient (Wildman–Crippen LogP) is 5.07. The summed E-state index contributed by atoms with van der Waals surface area (Å²) in [5.41, 5.74) is 0.0691. The average Bonchev–Trinajstić information content (AvgIpc) is 2.81. The van der Waals surface area contributed by atoms with E-state index in [1.54, 1.807) is 36.4 Å². The lowest BCUT2D eigenvalue weighted by molar-refractivity contribution is -0.157. The summed E-state index contributed by atoms with van der Waals surface area (Å²) in [5, 5.41) is 12.3. The molecule has 0 saturated carbocycles. The van der Waals surface area contributed by atoms with E-state index in [4.69, 9.17) is 32.7 Å². The summed E-state index contributed by atoms with van der Waals surface area (Å²) in [7, 11) is 0. The summed E-state index contributed by atoms with van der Waals surface area (Å²) >= 11 is 14.1. The van der Waals surface area contributed by atoms with Crippen LogP contribution in [0.3, 0.4) is 0 Å². The van der Waals surface area contributed by atoms with Crippen molar-refractivity contribution in [1.82, 2.24) is 0 Å². The van der Waals surface area contributed by atoms with Crippen LogP contribution in [0.1, 0.15) is 20.7 Å². The van der Waals surface area contributed by atoms with Gasteiger partial charge in [0.05, 0.1) is 21.2 Å². The molecule has 0 heterocycles. The number of carboxylic acid groups (broad SMARTS) is 1. The first-order chi connectivity index (χ1) is 16.7. The Balaban J connectivity index is 1.94. The molecule has 11 heteroatoms. The molecule has 0 bridgehead atoms. The van der Waals surface area contributed by atoms with E-state index in [9.17, 15) is 24.3 Å². The van der Waals surface area contributed by atoms with E-state index in [1.165, 1.54) is 36.4 Å². The fraction of sp³-hybridized carbons (Fsp3) is 0.0833. The van der Waals surface area contributed by atoms with Crippen molar-refractivity contribution in [2.24, 2.45) is 0 Å². The molecule has 0 saturated heterocycles. The van der Waals surface area contributed by atoms with Crippen molar-refractivity contribution in [3.8, 4) is 0 Å². The van der Waals surface area contributed by atoms with Gasteiger partial charge in [-0.15, -0.1) is 0 Å². The van der Waals surface area contributed by atoms with Gasteiger partial charge < -0.3 is 19.9 Å². The number of hydrogen-bond acceptors (Lipinski definition) is 6. The number of amides is 1. The molecule has 0 aliphatic carbocycles. The Morgan fingerprint density at radius 2 is 1.29 bits per heavy atom. The number of carboxylic acids is 1. The van der Waals surface area contributed by atoms with Crippen molar-refractivity contribution >= 4 is 75.3 Å². The fourth-order valence-electron chi connectivity index (χ4n) is 2.89. The SMILES string of the molecule is O=C(O[C@H](C(=O)Nc1cccc(I)c1)[C@@H](OC(=O)c1ccccc1Cl)C(=O)O)c1ccccc1Cl. The van der Waals surface area contributed by atoms with Crippen LogP contribution < -0.4 is 5.32 Å². The van der Waals surface area contributed by atoms with Gasteiger partial charge in [0.15, 0.2) is 0 Å². The maximum atomic E-state index is 13.1. The summed E-state index contributed by atoms with van der Waals surface area (Å²) in [5.74, 6) is -4.96. The Hall–Kier alpha value is -3.15. The molecule has 0 aliphatic rings. The summed E-state index contributed by atoms with van der Waals surface area (Å²) < 4.78 is 11.1. The van der Waals surface area contributed by atoms with Gasteiger partial charge in [-0.2, -0.15) is 0 Å². The highest BCUT2D eigenvalue weighted by molar-refractivity contribution is 14.1. The number of rotatable bonds is 8. The lowest BCUT2D eigenvalue weighted by Gasteiger charge is -2.24. The number of halogens is 3. The molecule has 1 amide bonds. The molecule has 8 nitrogen and oxygen atoms in total. The molecule has 0 aromatic heterocycles. The van der Waals surface area contributed by atoms with Crippen LogP contribution in [-0.2, 0) is 19.1 Å². The third-order valence-electron chi connectivity index (χ3n) is 4.52. The number of aliphatic carboxylic acids is 1. The number of hydrogen-bond donors (Lipinski definition) is 2. The van der Waals surface area contributed by atoms with Gasteiger partial charge in [-0.1, -0.05) is 53.5 Å². The lowest BCUT2D eigenvalue weighted by atomic mass is 10.1. The van der Waals surface area contributed by atoms with Gasteiger partial charge in [0.2, 0.25) is 12.2 Å². The average molecular weight is 628 g/mol. The van der Waals surface area contributed by atoms with Crippen LogP contribution in [0.5, 0.6) is 0 Å². The van der Waals surface area contributed by atoms with Crippen LogP contribution in [0.2, 0.25) is 10.0 Å². The van der Waals surface area contributed by atoms with E-state index in [1.807, 2.05) is 22.6 Å². The lowest BCUT2D eigenvalue weighted by Crippen LogP contribution is -2.48. The van der Waals surface area contributed by atoms with Crippen molar-refractivity contribution < 1.29 is 33.8 Å². The van der Waals surface area contributed by atoms with Crippen molar-refractivity contribution in [1.29, 1.82) is 0 Å². The second-order valence-corrected chi connectivity index (χ2v) is 9.01. The molecule has 0 radical (unpaired) electrons. The monoisotopic (exact) mass is 627 g/mol. The smallest absolute Gasteiger partial charge is 0.349 e. The van der Waals surface area contributed by atoms with Gasteiger partial charge in [-0.25, -0.2) is 14.4 Å². The van der Waals surface area contributed by atoms with Gasteiger partial charge in [0.25, 0.3) is 5.91 Å². The molecule has 0 spiro atoms. The number of esters is 2. The minimum atomic E-state index is -2.20. The molecule has 180 valence electrons. The van der Waals surface area contributed by atoms with Gasteiger partial charge >= 0.3 is 17.9 Å². The Morgan fingerprint density at radius 1 is 0.771 bits per heavy atom. The zero-order valence-electron chi connectivity index (χ0n) is 17.6. The molecule has 2 atom stereocenters. The third-order valence-corrected chi connectivity index (χ3v) is 5.85. The molecule has 2 N–H and O–H groups in total. The summed E-state index contributed by atoms with van der Waals surface area (Å²) in [6, 6.07) is 18.2. The number of carbonyl (C=O) groups is 4. The van der Waals surface area contributed by atoms with E-state index in [0.717, 1.165) is 3.57 Å². The van der Waals surface area contributed by atoms with E-state index in [2.05, 4.69) is 5.32 Å². The quantitative estimate of drug-likeness (QED) is 0.264. The normalized spacial score (nSPS) is 12.2. The van der Waals surface area contributed by atoms with E-state index >= 15 is 0 Å². The number of benzene rings is 3. The minimum absolute atomic E-state index is 0.00885. The minimum Gasteiger partial charge on any atom is -0.478 e. The predicted molar refractivity (Wildman–Crippen MR) is 137 cm³/mol. The van der Waals surface area contributed by atoms with E-state index < -0.39 is 36.0 Å². The third kappa shape index (κ3) is 6.93. The Kier molecular flexibility index (Phi) is 9.07. The van der Waals surface area contributed by atoms with Crippen molar-refractivity contribution in [3.05, 3.63) is 97.5 Å². The highest BCUT2D eigenvalue weighted by Crippen LogP contribution is 2.22. The van der Waals surface area contributed by atoms with Gasteiger partial charge in [-0.05, 0) is 65.1 Å². The molecule has 3 aromatic rings. The number of nitrogens with one attached hydrogen (secondary N) is 1. The molecule has 35 heavy (non-hydrogen) atoms. The second kappa shape index (κ2) is 12.0. The van der Waals surface area contributed by atoms with Gasteiger partial charge in [0, 0.05) is 9.26 Å². The Labute approximate surface area is 223 Å². The highest BCUT2D eigenvalue weighted by atomic mass is 127. The van der Waals surface area contributed by atoms with Crippen LogP contribution in [0.15, 0.2) is 72.8 Å². The van der Waals surface area contributed by atoms with Crippen LogP contribution in [0, 0.1) is 3.57 Å². The molecule has 0 fully saturated rings. The van der Waals surface area contributed by atoms with Crippen molar-refractivity contribution in [2.75, 3.05) is 5.32 Å². The molecule has 0 unspecified atom stereocenters. The molecule has 3 aromatic carbocycles. The Bertz CT molecular complexity index is 1280. The first-order valence-electron chi connectivity index (χ1n) is 9.87. The number of carbonyl (C=O) groups excluding carboxylic acids is 3. The van der Waals surface area contributed by atoms with Crippen molar-refractivity contribution in [2.45, 2.75) is 12.2 Å². The van der Waals surface area contributed by atoms with Gasteiger partial charge in [-0.3, -0.25) is 4.79 Å². The topological polar surface area (TPSA) is 119 Å². The Morgan fingerprint density at radius 3 is 1.77 bits per heavy atom. The van der Waals surface area contributed by atoms with Crippen molar-refractivity contribution in [3.63, 3.8) is 0 Å². The van der Waals surface area contributed by atoms with Crippen LogP contribution in [-0.4, -0.2) is 41.1 Å². The van der Waals surface area contributed by atoms with E-state index in [0.29, 0.717) is 5.69 Å². The first kappa shape index (κ1) is 26.5. The summed E-state index contributed by atoms with van der Waals surface area (Å²) in [6.45, 7) is 0. The van der Waals surface area contributed by atoms with Crippen LogP contribution in [0.4, 0.5) is 5.69 Å². The molecular weight excluding hydrogens is 612 g/mol. The zero-order chi connectivity index (χ0) is 25.5. The fourth-order valence-corrected chi connectivity index (χ4v) is 3.85. The molecular formula is C24H16Cl2INO7. The standard InChI is InChI=1S/C24H16Cl2INO7/c25-17-10-3-1-8-15(17)23(32)34-19(21(29)28-14-7-5-6-13(27)12-14)20(22(30)31)35-24(33)16-9-2-4-11-18(16)26/h1-12,19-20H,(H,28,29)(H,30,31)/t19-,20+/m0/s1. The maximum Gasteiger partial charge on any atom is 0.349 e. The van der Waals surface area contributed by atoms with E-state index in [-0.39, 0.29) is 21.2 Å². The van der Waals surface area contributed by atoms with Gasteiger partial charge in [0.1, 0.15) is 0 Å². The van der Waals surface area contributed by atoms with Crippen LogP contribution in [0.25, 0.3) is 0 Å². The number of anilines is 1. The summed E-state index contributed by atoms with van der Waals surface area (Å²) in [6.07, 6.45) is -4.27. The van der Waals surface area contributed by atoms with Crippen LogP contribution >= 0.6 is 45.8 Å². The summed E-state index contributed by atoms with van der Waals surface area (Å²) in [4.78, 5) is 50.6. The second-order valence-electron chi connectivity index (χ2n) is 6.95. The molecule has 3 rings (SSSR count). The molecule has 0 aliphatic heterocycles. The first-order valence-corrected chi connectivity index (χ1v) is 11.7. The number of ether oxygens (including phenoxy) is 2. The largest absolute Gasteiger partial charge is 0.478 e. The highest BCUT2D eigenvalue weighted by Gasteiger charge is 2.41. The zero-order valence-corrected chi connectivity index (χ0v) is 21.3. The maximum absolute atomic E-state index is 13.1.